The maximum absolute atomic E-state index is 14.0. The molecule has 0 amide bonds. The molecule has 6 heteroatoms. The Hall–Kier alpha value is -0.210. The summed E-state index contributed by atoms with van der Waals surface area (Å²) in [5, 5.41) is 0.589. The molecule has 100 valence electrons. The summed E-state index contributed by atoms with van der Waals surface area (Å²) in [7, 11) is 0. The lowest BCUT2D eigenvalue weighted by Gasteiger charge is -2.19. The Labute approximate surface area is 137 Å². The predicted octanol–water partition coefficient (Wildman–Crippen LogP) is 4.40. The van der Waals surface area contributed by atoms with E-state index in [1.54, 1.807) is 24.3 Å². The molecule has 0 radical (unpaired) electrons. The summed E-state index contributed by atoms with van der Waals surface area (Å²) in [6, 6.07) is 9.75. The lowest BCUT2D eigenvalue weighted by molar-refractivity contribution is 0.558. The predicted molar refractivity (Wildman–Crippen MR) is 87.4 cm³/mol. The van der Waals surface area contributed by atoms with Crippen molar-refractivity contribution in [2.24, 2.45) is 5.84 Å². The van der Waals surface area contributed by atoms with Crippen LogP contribution in [0.2, 0.25) is 5.02 Å². The second-order valence-electron chi connectivity index (χ2n) is 3.93. The molecule has 0 aliphatic carbocycles. The van der Waals surface area contributed by atoms with E-state index in [-0.39, 0.29) is 5.82 Å². The van der Waals surface area contributed by atoms with Crippen molar-refractivity contribution in [1.29, 1.82) is 0 Å². The van der Waals surface area contributed by atoms with Gasteiger partial charge in [-0.25, -0.2) is 9.82 Å². The SMILES string of the molecule is NNC(c1cc(Br)ccc1F)c1cc(Cl)ccc1I. The molecule has 1 unspecified atom stereocenters. The fraction of sp³-hybridized carbons (Fsp3) is 0.0769. The Morgan fingerprint density at radius 3 is 2.63 bits per heavy atom. The van der Waals surface area contributed by atoms with Crippen LogP contribution in [0.25, 0.3) is 0 Å². The van der Waals surface area contributed by atoms with Crippen LogP contribution >= 0.6 is 50.1 Å². The zero-order valence-electron chi connectivity index (χ0n) is 9.63. The number of nitrogens with two attached hydrogens (primary N) is 1. The van der Waals surface area contributed by atoms with E-state index in [2.05, 4.69) is 43.9 Å². The topological polar surface area (TPSA) is 38.0 Å². The van der Waals surface area contributed by atoms with E-state index in [0.717, 1.165) is 13.6 Å². The van der Waals surface area contributed by atoms with Crippen molar-refractivity contribution in [3.05, 3.63) is 66.4 Å². The zero-order chi connectivity index (χ0) is 14.0. The Morgan fingerprint density at radius 1 is 1.21 bits per heavy atom. The quantitative estimate of drug-likeness (QED) is 0.409. The van der Waals surface area contributed by atoms with Crippen LogP contribution in [-0.4, -0.2) is 0 Å². The van der Waals surface area contributed by atoms with Crippen molar-refractivity contribution >= 4 is 50.1 Å². The summed E-state index contributed by atoms with van der Waals surface area (Å²) in [4.78, 5) is 0. The van der Waals surface area contributed by atoms with Gasteiger partial charge in [-0.15, -0.1) is 0 Å². The maximum Gasteiger partial charge on any atom is 0.128 e. The normalized spacial score (nSPS) is 12.5. The van der Waals surface area contributed by atoms with Gasteiger partial charge in [0.1, 0.15) is 5.82 Å². The van der Waals surface area contributed by atoms with Crippen LogP contribution in [0.4, 0.5) is 4.39 Å². The van der Waals surface area contributed by atoms with Crippen LogP contribution in [-0.2, 0) is 0 Å². The molecule has 2 nitrogen and oxygen atoms in total. The standard InChI is InChI=1S/C13H10BrClFIN2/c14-7-1-3-11(16)9(5-7)13(19-18)10-6-8(15)2-4-12(10)17/h1-6,13,19H,18H2. The third-order valence-corrected chi connectivity index (χ3v) is 4.42. The smallest absolute Gasteiger partial charge is 0.128 e. The molecule has 0 heterocycles. The molecular formula is C13H10BrClFIN2. The summed E-state index contributed by atoms with van der Waals surface area (Å²) in [5.74, 6) is 5.28. The summed E-state index contributed by atoms with van der Waals surface area (Å²) >= 11 is 11.5. The molecular weight excluding hydrogens is 445 g/mol. The van der Waals surface area contributed by atoms with Crippen LogP contribution in [0.5, 0.6) is 0 Å². The number of hydrazine groups is 1. The summed E-state index contributed by atoms with van der Waals surface area (Å²) in [6.07, 6.45) is 0. The molecule has 0 bridgehead atoms. The van der Waals surface area contributed by atoms with E-state index in [4.69, 9.17) is 17.4 Å². The number of hydrogen-bond acceptors (Lipinski definition) is 2. The molecule has 0 aliphatic heterocycles. The number of hydrogen-bond donors (Lipinski definition) is 2. The van der Waals surface area contributed by atoms with Gasteiger partial charge in [-0.05, 0) is 64.6 Å². The van der Waals surface area contributed by atoms with E-state index in [0.29, 0.717) is 10.6 Å². The summed E-state index contributed by atoms with van der Waals surface area (Å²) < 4.78 is 15.7. The van der Waals surface area contributed by atoms with Crippen molar-refractivity contribution in [1.82, 2.24) is 5.43 Å². The first kappa shape index (κ1) is 15.2. The van der Waals surface area contributed by atoms with Crippen molar-refractivity contribution in [2.45, 2.75) is 6.04 Å². The number of halogens is 4. The second-order valence-corrected chi connectivity index (χ2v) is 6.45. The molecule has 0 fully saturated rings. The molecule has 0 aliphatic rings. The van der Waals surface area contributed by atoms with E-state index >= 15 is 0 Å². The average Bonchev–Trinajstić information content (AvgIpc) is 2.38. The first-order valence-corrected chi connectivity index (χ1v) is 7.64. The summed E-state index contributed by atoms with van der Waals surface area (Å²) in [5.41, 5.74) is 3.96. The molecule has 3 N–H and O–H groups in total. The van der Waals surface area contributed by atoms with Crippen molar-refractivity contribution in [2.75, 3.05) is 0 Å². The molecule has 0 saturated carbocycles. The highest BCUT2D eigenvalue weighted by molar-refractivity contribution is 14.1. The number of rotatable bonds is 3. The van der Waals surface area contributed by atoms with Crippen molar-refractivity contribution in [3.8, 4) is 0 Å². The first-order valence-electron chi connectivity index (χ1n) is 5.39. The van der Waals surface area contributed by atoms with Gasteiger partial charge in [-0.1, -0.05) is 27.5 Å². The van der Waals surface area contributed by atoms with Gasteiger partial charge in [0.25, 0.3) is 0 Å². The molecule has 2 aromatic rings. The molecule has 1 atom stereocenters. The minimum Gasteiger partial charge on any atom is -0.271 e. The fourth-order valence-corrected chi connectivity index (χ4v) is 3.02. The van der Waals surface area contributed by atoms with E-state index in [1.807, 2.05) is 6.07 Å². The number of benzene rings is 2. The monoisotopic (exact) mass is 454 g/mol. The Bertz CT molecular complexity index is 558. The van der Waals surface area contributed by atoms with Crippen LogP contribution in [0, 0.1) is 9.39 Å². The van der Waals surface area contributed by atoms with Gasteiger partial charge < -0.3 is 0 Å². The van der Waals surface area contributed by atoms with E-state index < -0.39 is 6.04 Å². The van der Waals surface area contributed by atoms with Gasteiger partial charge in [-0.2, -0.15) is 0 Å². The van der Waals surface area contributed by atoms with E-state index in [1.165, 1.54) is 6.07 Å². The Kier molecular flexibility index (Phi) is 5.19. The number of nitrogens with one attached hydrogen (secondary N) is 1. The molecule has 2 rings (SSSR count). The third kappa shape index (κ3) is 3.46. The lowest BCUT2D eigenvalue weighted by Crippen LogP contribution is -2.30. The highest BCUT2D eigenvalue weighted by Gasteiger charge is 2.19. The Morgan fingerprint density at radius 2 is 1.95 bits per heavy atom. The van der Waals surface area contributed by atoms with Crippen LogP contribution < -0.4 is 11.3 Å². The zero-order valence-corrected chi connectivity index (χ0v) is 14.1. The Balaban J connectivity index is 2.55. The van der Waals surface area contributed by atoms with Gasteiger partial charge in [0.15, 0.2) is 0 Å². The molecule has 2 aromatic carbocycles. The van der Waals surface area contributed by atoms with Gasteiger partial charge in [0, 0.05) is 18.6 Å². The van der Waals surface area contributed by atoms with Crippen molar-refractivity contribution in [3.63, 3.8) is 0 Å². The first-order chi connectivity index (χ1) is 9.02. The third-order valence-electron chi connectivity index (χ3n) is 2.70. The van der Waals surface area contributed by atoms with Gasteiger partial charge in [-0.3, -0.25) is 5.84 Å². The van der Waals surface area contributed by atoms with Crippen molar-refractivity contribution < 1.29 is 4.39 Å². The largest absolute Gasteiger partial charge is 0.271 e. The second kappa shape index (κ2) is 6.49. The highest BCUT2D eigenvalue weighted by atomic mass is 127. The van der Waals surface area contributed by atoms with Crippen LogP contribution in [0.1, 0.15) is 17.2 Å². The highest BCUT2D eigenvalue weighted by Crippen LogP contribution is 2.31. The van der Waals surface area contributed by atoms with Crippen LogP contribution in [0.3, 0.4) is 0 Å². The van der Waals surface area contributed by atoms with Gasteiger partial charge in [0.05, 0.1) is 6.04 Å². The lowest BCUT2D eigenvalue weighted by atomic mass is 9.99. The summed E-state index contributed by atoms with van der Waals surface area (Å²) in [6.45, 7) is 0. The maximum atomic E-state index is 14.0. The fourth-order valence-electron chi connectivity index (χ4n) is 1.82. The minimum atomic E-state index is -0.455. The molecule has 0 saturated heterocycles. The van der Waals surface area contributed by atoms with Crippen LogP contribution in [0.15, 0.2) is 40.9 Å². The molecule has 0 spiro atoms. The van der Waals surface area contributed by atoms with Gasteiger partial charge in [0.2, 0.25) is 0 Å². The molecule has 19 heavy (non-hydrogen) atoms. The molecule has 0 aromatic heterocycles. The average molecular weight is 455 g/mol. The van der Waals surface area contributed by atoms with Gasteiger partial charge >= 0.3 is 0 Å². The van der Waals surface area contributed by atoms with E-state index in [9.17, 15) is 4.39 Å². The minimum absolute atomic E-state index is 0.318.